The monoisotopic (exact) mass is 629 g/mol. The molecule has 0 amide bonds. The van der Waals surface area contributed by atoms with Crippen molar-refractivity contribution in [2.75, 3.05) is 0 Å². The van der Waals surface area contributed by atoms with Gasteiger partial charge < -0.3 is 14.0 Å². The molecule has 9 aromatic rings. The number of hydrogen-bond acceptors (Lipinski definition) is 4. The second kappa shape index (κ2) is 10.9. The third-order valence-corrected chi connectivity index (χ3v) is 9.22. The molecule has 0 N–H and O–H groups in total. The molecule has 0 atom stereocenters. The highest BCUT2D eigenvalue weighted by Gasteiger charge is 2.26. The average Bonchev–Trinajstić information content (AvgIpc) is 3.50. The summed E-state index contributed by atoms with van der Waals surface area (Å²) in [7, 11) is 0. The van der Waals surface area contributed by atoms with Gasteiger partial charge in [0.2, 0.25) is 0 Å². The first-order chi connectivity index (χ1) is 24.3. The standard InChI is InChI=1S/C44H27N3O2/c1-3-12-28(13-4-1)36-27-37(29-14-5-2-6-15-29)46-44(45-36)32-18-11-19-33(24-32)47-38-26-31-17-8-7-16-30(31)25-35(38)34-22-23-41-43(42(34)47)49-40-21-10-9-20-39(40)48-41/h1-27H. The van der Waals surface area contributed by atoms with E-state index in [-0.39, 0.29) is 0 Å². The molecule has 5 nitrogen and oxygen atoms in total. The van der Waals surface area contributed by atoms with E-state index in [1.165, 1.54) is 5.39 Å². The lowest BCUT2D eigenvalue weighted by atomic mass is 10.1. The molecule has 2 aromatic heterocycles. The highest BCUT2D eigenvalue weighted by molar-refractivity contribution is 6.15. The van der Waals surface area contributed by atoms with Gasteiger partial charge in [-0.15, -0.1) is 0 Å². The van der Waals surface area contributed by atoms with Crippen molar-refractivity contribution in [1.82, 2.24) is 14.5 Å². The van der Waals surface area contributed by atoms with E-state index >= 15 is 0 Å². The molecule has 49 heavy (non-hydrogen) atoms. The molecule has 0 unspecified atom stereocenters. The molecule has 0 saturated heterocycles. The van der Waals surface area contributed by atoms with Gasteiger partial charge in [-0.25, -0.2) is 9.97 Å². The zero-order chi connectivity index (χ0) is 32.3. The molecular formula is C44H27N3O2. The fourth-order valence-corrected chi connectivity index (χ4v) is 6.91. The summed E-state index contributed by atoms with van der Waals surface area (Å²) in [6.07, 6.45) is 0. The molecule has 0 aliphatic carbocycles. The van der Waals surface area contributed by atoms with Gasteiger partial charge in [0.1, 0.15) is 5.52 Å². The molecule has 0 radical (unpaired) electrons. The van der Waals surface area contributed by atoms with Gasteiger partial charge in [-0.05, 0) is 65.4 Å². The van der Waals surface area contributed by atoms with Crippen LogP contribution >= 0.6 is 0 Å². The second-order valence-electron chi connectivity index (χ2n) is 12.2. The second-order valence-corrected chi connectivity index (χ2v) is 12.2. The predicted molar refractivity (Wildman–Crippen MR) is 197 cm³/mol. The van der Waals surface area contributed by atoms with Crippen molar-refractivity contribution < 1.29 is 9.47 Å². The van der Waals surface area contributed by atoms with Crippen LogP contribution in [0.5, 0.6) is 23.0 Å². The van der Waals surface area contributed by atoms with Gasteiger partial charge in [-0.2, -0.15) is 0 Å². The lowest BCUT2D eigenvalue weighted by molar-refractivity contribution is 0.362. The van der Waals surface area contributed by atoms with E-state index in [4.69, 9.17) is 19.4 Å². The van der Waals surface area contributed by atoms with Crippen molar-refractivity contribution in [3.8, 4) is 62.6 Å². The molecule has 0 saturated carbocycles. The molecule has 7 aromatic carbocycles. The molecule has 5 heteroatoms. The van der Waals surface area contributed by atoms with Gasteiger partial charge in [0.25, 0.3) is 0 Å². The van der Waals surface area contributed by atoms with Crippen LogP contribution in [0.3, 0.4) is 0 Å². The minimum atomic E-state index is 0.656. The highest BCUT2D eigenvalue weighted by Crippen LogP contribution is 2.51. The Labute approximate surface area is 282 Å². The van der Waals surface area contributed by atoms with Crippen LogP contribution in [-0.4, -0.2) is 14.5 Å². The van der Waals surface area contributed by atoms with E-state index in [2.05, 4.69) is 102 Å². The van der Waals surface area contributed by atoms with Crippen LogP contribution in [0.15, 0.2) is 164 Å². The number of hydrogen-bond donors (Lipinski definition) is 0. The van der Waals surface area contributed by atoms with E-state index in [0.29, 0.717) is 28.8 Å². The first-order valence-electron chi connectivity index (χ1n) is 16.3. The van der Waals surface area contributed by atoms with E-state index < -0.39 is 0 Å². The van der Waals surface area contributed by atoms with Crippen molar-refractivity contribution in [3.05, 3.63) is 164 Å². The van der Waals surface area contributed by atoms with Gasteiger partial charge in [0, 0.05) is 33.2 Å². The van der Waals surface area contributed by atoms with Crippen LogP contribution in [0.2, 0.25) is 0 Å². The topological polar surface area (TPSA) is 49.2 Å². The predicted octanol–water partition coefficient (Wildman–Crippen LogP) is 11.6. The maximum atomic E-state index is 6.65. The van der Waals surface area contributed by atoms with E-state index in [1.807, 2.05) is 66.7 Å². The number of ether oxygens (including phenoxy) is 2. The number of benzene rings is 7. The Balaban J connectivity index is 1.22. The number of rotatable bonds is 4. The third-order valence-electron chi connectivity index (χ3n) is 9.22. The minimum absolute atomic E-state index is 0.656. The first-order valence-corrected chi connectivity index (χ1v) is 16.3. The van der Waals surface area contributed by atoms with Crippen LogP contribution in [-0.2, 0) is 0 Å². The summed E-state index contributed by atoms with van der Waals surface area (Å²) in [6.45, 7) is 0. The van der Waals surface area contributed by atoms with Crippen molar-refractivity contribution in [2.24, 2.45) is 0 Å². The molecule has 230 valence electrons. The summed E-state index contributed by atoms with van der Waals surface area (Å²) in [4.78, 5) is 10.2. The molecule has 0 fully saturated rings. The van der Waals surface area contributed by atoms with Gasteiger partial charge >= 0.3 is 0 Å². The summed E-state index contributed by atoms with van der Waals surface area (Å²) in [5.41, 5.74) is 7.72. The lowest BCUT2D eigenvalue weighted by Gasteiger charge is -2.22. The lowest BCUT2D eigenvalue weighted by Crippen LogP contribution is -2.02. The van der Waals surface area contributed by atoms with Crippen LogP contribution in [0.1, 0.15) is 0 Å². The van der Waals surface area contributed by atoms with E-state index in [1.54, 1.807) is 0 Å². The summed E-state index contributed by atoms with van der Waals surface area (Å²) < 4.78 is 15.3. The van der Waals surface area contributed by atoms with Crippen LogP contribution in [0.4, 0.5) is 0 Å². The summed E-state index contributed by atoms with van der Waals surface area (Å²) >= 11 is 0. The molecule has 10 rings (SSSR count). The van der Waals surface area contributed by atoms with Gasteiger partial charge in [0.05, 0.1) is 16.9 Å². The SMILES string of the molecule is c1ccc(-c2cc(-c3ccccc3)nc(-c3cccc(-n4c5cc6ccccc6cc5c5ccc6c(c54)Oc4ccccc4O6)c3)n2)cc1. The normalized spacial score (nSPS) is 12.0. The fraction of sp³-hybridized carbons (Fsp3) is 0. The molecular weight excluding hydrogens is 603 g/mol. The van der Waals surface area contributed by atoms with Crippen molar-refractivity contribution in [1.29, 1.82) is 0 Å². The van der Waals surface area contributed by atoms with Gasteiger partial charge in [0.15, 0.2) is 28.8 Å². The van der Waals surface area contributed by atoms with E-state index in [0.717, 1.165) is 61.0 Å². The van der Waals surface area contributed by atoms with Crippen molar-refractivity contribution >= 4 is 32.6 Å². The largest absolute Gasteiger partial charge is 0.449 e. The van der Waals surface area contributed by atoms with Crippen LogP contribution in [0.25, 0.3) is 72.2 Å². The zero-order valence-corrected chi connectivity index (χ0v) is 26.2. The molecule has 1 aliphatic heterocycles. The molecule has 3 heterocycles. The summed E-state index contributed by atoms with van der Waals surface area (Å²) in [6, 6.07) is 56.0. The smallest absolute Gasteiger partial charge is 0.194 e. The van der Waals surface area contributed by atoms with Gasteiger partial charge in [-0.1, -0.05) is 109 Å². The van der Waals surface area contributed by atoms with E-state index in [9.17, 15) is 0 Å². The number of nitrogens with zero attached hydrogens (tertiary/aromatic N) is 3. The van der Waals surface area contributed by atoms with Gasteiger partial charge in [-0.3, -0.25) is 0 Å². The Hall–Kier alpha value is -6.72. The quantitative estimate of drug-likeness (QED) is 0.194. The molecule has 0 spiro atoms. The Bertz CT molecular complexity index is 2660. The van der Waals surface area contributed by atoms with Crippen LogP contribution < -0.4 is 9.47 Å². The Morgan fingerprint density at radius 1 is 0.429 bits per heavy atom. The zero-order valence-electron chi connectivity index (χ0n) is 26.2. The Morgan fingerprint density at radius 2 is 1.04 bits per heavy atom. The van der Waals surface area contributed by atoms with Crippen molar-refractivity contribution in [2.45, 2.75) is 0 Å². The minimum Gasteiger partial charge on any atom is -0.449 e. The maximum Gasteiger partial charge on any atom is 0.194 e. The van der Waals surface area contributed by atoms with Crippen LogP contribution in [0, 0.1) is 0 Å². The maximum absolute atomic E-state index is 6.65. The molecule has 0 bridgehead atoms. The average molecular weight is 630 g/mol. The third kappa shape index (κ3) is 4.55. The van der Waals surface area contributed by atoms with Crippen molar-refractivity contribution in [3.63, 3.8) is 0 Å². The number of fused-ring (bicyclic) bond motifs is 7. The number of para-hydroxylation sites is 2. The Morgan fingerprint density at radius 3 is 1.76 bits per heavy atom. The highest BCUT2D eigenvalue weighted by atomic mass is 16.6. The summed E-state index contributed by atoms with van der Waals surface area (Å²) in [5, 5.41) is 4.57. The number of aromatic nitrogens is 3. The Kier molecular flexibility index (Phi) is 6.11. The fourth-order valence-electron chi connectivity index (χ4n) is 6.91. The molecule has 1 aliphatic rings. The summed E-state index contributed by atoms with van der Waals surface area (Å²) in [5.74, 6) is 3.42. The first kappa shape index (κ1) is 27.4.